The van der Waals surface area contributed by atoms with Gasteiger partial charge in [-0.05, 0) is 42.7 Å². The van der Waals surface area contributed by atoms with E-state index in [0.717, 1.165) is 12.1 Å². The van der Waals surface area contributed by atoms with Crippen LogP contribution in [0.1, 0.15) is 5.56 Å². The first-order chi connectivity index (χ1) is 12.1. The zero-order valence-corrected chi connectivity index (χ0v) is 15.1. The van der Waals surface area contributed by atoms with Gasteiger partial charge in [-0.2, -0.15) is 24.9 Å². The second-order valence-corrected chi connectivity index (χ2v) is 7.74. The molecule has 140 valence electrons. The predicted octanol–water partition coefficient (Wildman–Crippen LogP) is 3.81. The Morgan fingerprint density at radius 1 is 1.08 bits per heavy atom. The molecule has 0 spiro atoms. The van der Waals surface area contributed by atoms with Gasteiger partial charge in [-0.15, -0.1) is 0 Å². The fourth-order valence-corrected chi connectivity index (χ4v) is 3.47. The highest BCUT2D eigenvalue weighted by Gasteiger charge is 2.30. The molecule has 0 atom stereocenters. The number of rotatable bonds is 6. The van der Waals surface area contributed by atoms with Crippen LogP contribution in [0.15, 0.2) is 53.4 Å². The number of alkyl halides is 3. The molecule has 0 aliphatic rings. The first-order valence-corrected chi connectivity index (χ1v) is 10.1. The maximum Gasteiger partial charge on any atom is 0.416 e. The molecule has 0 bridgehead atoms. The monoisotopic (exact) mass is 404 g/mol. The Bertz CT molecular complexity index is 900. The van der Waals surface area contributed by atoms with Gasteiger partial charge in [-0.1, -0.05) is 12.1 Å². The Morgan fingerprint density at radius 2 is 1.73 bits per heavy atom. The molecule has 2 aromatic carbocycles. The van der Waals surface area contributed by atoms with Crippen LogP contribution in [-0.2, 0) is 21.0 Å². The van der Waals surface area contributed by atoms with E-state index < -0.39 is 21.8 Å². The SMILES string of the molecule is CSCC(=O)Nc1cccc(S(=O)(=O)Nc2cccc(C(F)(F)F)c2)c1. The molecule has 0 aliphatic heterocycles. The van der Waals surface area contributed by atoms with Crippen molar-refractivity contribution in [2.24, 2.45) is 0 Å². The molecule has 1 amide bonds. The number of halogens is 3. The lowest BCUT2D eigenvalue weighted by Crippen LogP contribution is -2.16. The zero-order chi connectivity index (χ0) is 19.4. The lowest BCUT2D eigenvalue weighted by atomic mass is 10.2. The summed E-state index contributed by atoms with van der Waals surface area (Å²) >= 11 is 1.31. The number of amides is 1. The van der Waals surface area contributed by atoms with Crippen molar-refractivity contribution in [1.82, 2.24) is 0 Å². The van der Waals surface area contributed by atoms with Crippen LogP contribution in [0.3, 0.4) is 0 Å². The summed E-state index contributed by atoms with van der Waals surface area (Å²) in [5.74, 6) is -0.0858. The number of thioether (sulfide) groups is 1. The summed E-state index contributed by atoms with van der Waals surface area (Å²) in [5.41, 5.74) is -0.900. The summed E-state index contributed by atoms with van der Waals surface area (Å²) in [6.07, 6.45) is -2.83. The van der Waals surface area contributed by atoms with Crippen LogP contribution in [0.5, 0.6) is 0 Å². The largest absolute Gasteiger partial charge is 0.416 e. The van der Waals surface area contributed by atoms with Crippen LogP contribution in [0.2, 0.25) is 0 Å². The number of carbonyl (C=O) groups excluding carboxylic acids is 1. The van der Waals surface area contributed by atoms with Gasteiger partial charge in [-0.25, -0.2) is 8.42 Å². The van der Waals surface area contributed by atoms with E-state index in [1.165, 1.54) is 42.1 Å². The average Bonchev–Trinajstić information content (AvgIpc) is 2.54. The first kappa shape index (κ1) is 20.1. The van der Waals surface area contributed by atoms with Gasteiger partial charge in [0.25, 0.3) is 10.0 Å². The molecular weight excluding hydrogens is 389 g/mol. The molecule has 26 heavy (non-hydrogen) atoms. The van der Waals surface area contributed by atoms with Gasteiger partial charge in [0, 0.05) is 11.4 Å². The molecule has 0 heterocycles. The van der Waals surface area contributed by atoms with Gasteiger partial charge in [0.2, 0.25) is 5.91 Å². The summed E-state index contributed by atoms with van der Waals surface area (Å²) in [4.78, 5) is 11.4. The lowest BCUT2D eigenvalue weighted by molar-refractivity contribution is -0.137. The van der Waals surface area contributed by atoms with Crippen molar-refractivity contribution in [2.45, 2.75) is 11.1 Å². The summed E-state index contributed by atoms with van der Waals surface area (Å²) in [6.45, 7) is 0. The quantitative estimate of drug-likeness (QED) is 0.768. The van der Waals surface area contributed by atoms with Gasteiger partial charge in [0.05, 0.1) is 16.2 Å². The minimum atomic E-state index is -4.58. The van der Waals surface area contributed by atoms with Crippen molar-refractivity contribution in [3.63, 3.8) is 0 Å². The fraction of sp³-hybridized carbons (Fsp3) is 0.188. The molecule has 0 fully saturated rings. The van der Waals surface area contributed by atoms with Crippen LogP contribution in [0, 0.1) is 0 Å². The van der Waals surface area contributed by atoms with Crippen LogP contribution in [0.4, 0.5) is 24.5 Å². The van der Waals surface area contributed by atoms with Gasteiger partial charge in [-0.3, -0.25) is 9.52 Å². The van der Waals surface area contributed by atoms with Gasteiger partial charge in [0.1, 0.15) is 0 Å². The van der Waals surface area contributed by atoms with Gasteiger partial charge in [0.15, 0.2) is 0 Å². The van der Waals surface area contributed by atoms with E-state index in [0.29, 0.717) is 6.07 Å². The Morgan fingerprint density at radius 3 is 2.38 bits per heavy atom. The number of sulfonamides is 1. The van der Waals surface area contributed by atoms with Crippen molar-refractivity contribution in [3.8, 4) is 0 Å². The topological polar surface area (TPSA) is 75.3 Å². The Balaban J connectivity index is 2.24. The summed E-state index contributed by atoms with van der Waals surface area (Å²) in [6, 6.07) is 9.34. The van der Waals surface area contributed by atoms with Crippen LogP contribution in [0.25, 0.3) is 0 Å². The molecule has 2 N–H and O–H groups in total. The summed E-state index contributed by atoms with van der Waals surface area (Å²) in [5, 5.41) is 2.55. The zero-order valence-electron chi connectivity index (χ0n) is 13.5. The highest BCUT2D eigenvalue weighted by molar-refractivity contribution is 7.99. The molecule has 2 rings (SSSR count). The van der Waals surface area contributed by atoms with E-state index in [2.05, 4.69) is 10.0 Å². The Labute approximate surface area is 153 Å². The summed E-state index contributed by atoms with van der Waals surface area (Å²) < 4.78 is 65.2. The molecule has 5 nitrogen and oxygen atoms in total. The number of hydrogen-bond acceptors (Lipinski definition) is 4. The third-order valence-electron chi connectivity index (χ3n) is 3.15. The van der Waals surface area contributed by atoms with E-state index in [-0.39, 0.29) is 27.9 Å². The van der Waals surface area contributed by atoms with Crippen molar-refractivity contribution in [3.05, 3.63) is 54.1 Å². The fourth-order valence-electron chi connectivity index (χ4n) is 2.04. The number of anilines is 2. The normalized spacial score (nSPS) is 11.8. The Kier molecular flexibility index (Phi) is 6.19. The maximum atomic E-state index is 12.7. The first-order valence-electron chi connectivity index (χ1n) is 7.21. The van der Waals surface area contributed by atoms with E-state index in [4.69, 9.17) is 0 Å². The number of hydrogen-bond donors (Lipinski definition) is 2. The number of carbonyl (C=O) groups is 1. The molecule has 0 saturated heterocycles. The minimum absolute atomic E-state index is 0.183. The smallest absolute Gasteiger partial charge is 0.325 e. The molecule has 10 heteroatoms. The van der Waals surface area contributed by atoms with Crippen LogP contribution >= 0.6 is 11.8 Å². The van der Waals surface area contributed by atoms with Crippen molar-refractivity contribution < 1.29 is 26.4 Å². The van der Waals surface area contributed by atoms with E-state index in [1.54, 1.807) is 6.26 Å². The van der Waals surface area contributed by atoms with E-state index in [1.807, 2.05) is 0 Å². The molecule has 0 radical (unpaired) electrons. The highest BCUT2D eigenvalue weighted by atomic mass is 32.2. The molecule has 0 aliphatic carbocycles. The van der Waals surface area contributed by atoms with E-state index in [9.17, 15) is 26.4 Å². The number of nitrogens with one attached hydrogen (secondary N) is 2. The van der Waals surface area contributed by atoms with Crippen LogP contribution < -0.4 is 10.0 Å². The van der Waals surface area contributed by atoms with Crippen LogP contribution in [-0.4, -0.2) is 26.3 Å². The maximum absolute atomic E-state index is 12.7. The molecule has 2 aromatic rings. The molecule has 0 saturated carbocycles. The second-order valence-electron chi connectivity index (χ2n) is 5.19. The highest BCUT2D eigenvalue weighted by Crippen LogP contribution is 2.31. The van der Waals surface area contributed by atoms with Gasteiger partial charge >= 0.3 is 6.18 Å². The van der Waals surface area contributed by atoms with Crippen molar-refractivity contribution >= 4 is 39.1 Å². The van der Waals surface area contributed by atoms with Crippen molar-refractivity contribution in [2.75, 3.05) is 22.0 Å². The van der Waals surface area contributed by atoms with Gasteiger partial charge < -0.3 is 5.32 Å². The minimum Gasteiger partial charge on any atom is -0.325 e. The van der Waals surface area contributed by atoms with Crippen molar-refractivity contribution in [1.29, 1.82) is 0 Å². The molecular formula is C16H15F3N2O3S2. The molecule has 0 aromatic heterocycles. The summed E-state index contributed by atoms with van der Waals surface area (Å²) in [7, 11) is -4.12. The third-order valence-corrected chi connectivity index (χ3v) is 5.08. The number of benzene rings is 2. The molecule has 0 unspecified atom stereocenters. The average molecular weight is 404 g/mol. The second kappa shape index (κ2) is 8.00. The lowest BCUT2D eigenvalue weighted by Gasteiger charge is -2.12. The Hall–Kier alpha value is -2.20. The predicted molar refractivity (Wildman–Crippen MR) is 95.7 cm³/mol. The third kappa shape index (κ3) is 5.40. The standard InChI is InChI=1S/C16H15F3N2O3S2/c1-25-10-15(22)20-12-5-3-7-14(9-12)26(23,24)21-13-6-2-4-11(8-13)16(17,18)19/h2-9,21H,10H2,1H3,(H,20,22). The van der Waals surface area contributed by atoms with E-state index >= 15 is 0 Å².